The van der Waals surface area contributed by atoms with Crippen LogP contribution in [0.15, 0.2) is 30.5 Å². The average Bonchev–Trinajstić information content (AvgIpc) is 3.14. The number of benzene rings is 1. The Morgan fingerprint density at radius 3 is 2.79 bits per heavy atom. The van der Waals surface area contributed by atoms with Crippen LogP contribution in [0.1, 0.15) is 31.4 Å². The van der Waals surface area contributed by atoms with Crippen molar-refractivity contribution in [3.63, 3.8) is 0 Å². The predicted molar refractivity (Wildman–Crippen MR) is 110 cm³/mol. The minimum Gasteiger partial charge on any atom is -0.493 e. The van der Waals surface area contributed by atoms with Crippen LogP contribution in [0.3, 0.4) is 0 Å². The number of aromatic nitrogens is 3. The molecule has 2 fully saturated rings. The van der Waals surface area contributed by atoms with E-state index in [1.165, 1.54) is 12.8 Å². The first kappa shape index (κ1) is 18.1. The van der Waals surface area contributed by atoms with Gasteiger partial charge in [-0.15, -0.1) is 0 Å². The molecule has 1 aromatic carbocycles. The van der Waals surface area contributed by atoms with Crippen LogP contribution >= 0.6 is 0 Å². The molecular weight excluding hydrogens is 368 g/mol. The Kier molecular flexibility index (Phi) is 4.45. The quantitative estimate of drug-likeness (QED) is 0.668. The molecule has 1 unspecified atom stereocenters. The molecule has 0 bridgehead atoms. The maximum Gasteiger partial charge on any atom is 0.220 e. The molecule has 5 rings (SSSR count). The van der Waals surface area contributed by atoms with E-state index in [4.69, 9.17) is 9.47 Å². The molecule has 2 aliphatic rings. The Labute approximate surface area is 169 Å². The molecule has 1 aliphatic heterocycles. The second-order valence-corrected chi connectivity index (χ2v) is 8.07. The van der Waals surface area contributed by atoms with Gasteiger partial charge in [0.15, 0.2) is 5.75 Å². The number of para-hydroxylation sites is 1. The van der Waals surface area contributed by atoms with Crippen molar-refractivity contribution in [3.05, 3.63) is 36.2 Å². The lowest BCUT2D eigenvalue weighted by Gasteiger charge is -2.16. The van der Waals surface area contributed by atoms with Crippen LogP contribution in [0.2, 0.25) is 0 Å². The van der Waals surface area contributed by atoms with Crippen molar-refractivity contribution in [1.29, 1.82) is 0 Å². The lowest BCUT2D eigenvalue weighted by molar-refractivity contribution is -0.119. The number of fused-ring (bicyclic) bond motifs is 1. The number of amides is 1. The number of hydrogen-bond donors (Lipinski definition) is 1. The van der Waals surface area contributed by atoms with E-state index in [0.717, 1.165) is 46.9 Å². The largest absolute Gasteiger partial charge is 0.493 e. The lowest BCUT2D eigenvalue weighted by atomic mass is 10.2. The molecule has 152 valence electrons. The summed E-state index contributed by atoms with van der Waals surface area (Å²) in [5.41, 5.74) is 2.07. The second kappa shape index (κ2) is 7.13. The lowest BCUT2D eigenvalue weighted by Crippen LogP contribution is -2.30. The van der Waals surface area contributed by atoms with E-state index in [-0.39, 0.29) is 11.9 Å². The molecule has 1 saturated carbocycles. The summed E-state index contributed by atoms with van der Waals surface area (Å²) in [6.45, 7) is 3.45. The van der Waals surface area contributed by atoms with Crippen LogP contribution in [0.4, 0.5) is 0 Å². The molecule has 1 aliphatic carbocycles. The first-order valence-corrected chi connectivity index (χ1v) is 10.3. The third-order valence-corrected chi connectivity index (χ3v) is 5.93. The van der Waals surface area contributed by atoms with Crippen LogP contribution < -0.4 is 14.8 Å². The van der Waals surface area contributed by atoms with Crippen molar-refractivity contribution >= 4 is 16.8 Å². The van der Waals surface area contributed by atoms with Crippen LogP contribution in [-0.2, 0) is 11.3 Å². The second-order valence-electron chi connectivity index (χ2n) is 8.07. The van der Waals surface area contributed by atoms with Crippen LogP contribution in [-0.4, -0.2) is 40.0 Å². The Morgan fingerprint density at radius 2 is 2.10 bits per heavy atom. The zero-order chi connectivity index (χ0) is 20.0. The van der Waals surface area contributed by atoms with E-state index in [2.05, 4.69) is 27.1 Å². The third-order valence-electron chi connectivity index (χ3n) is 5.93. The predicted octanol–water partition coefficient (Wildman–Crippen LogP) is 3.21. The van der Waals surface area contributed by atoms with E-state index in [1.807, 2.05) is 23.7 Å². The first-order valence-electron chi connectivity index (χ1n) is 10.3. The number of ether oxygens (including phenoxy) is 2. The Hall–Kier alpha value is -2.96. The van der Waals surface area contributed by atoms with Gasteiger partial charge in [0.1, 0.15) is 18.2 Å². The van der Waals surface area contributed by atoms with Crippen molar-refractivity contribution in [1.82, 2.24) is 19.7 Å². The van der Waals surface area contributed by atoms with Crippen molar-refractivity contribution in [2.24, 2.45) is 5.92 Å². The van der Waals surface area contributed by atoms with Gasteiger partial charge in [-0.3, -0.25) is 4.79 Å². The van der Waals surface area contributed by atoms with E-state index in [9.17, 15) is 4.79 Å². The van der Waals surface area contributed by atoms with Gasteiger partial charge in [0, 0.05) is 18.4 Å². The topological polar surface area (TPSA) is 70.3 Å². The number of methoxy groups -OCH3 is 1. The number of nitrogens with zero attached hydrogens (tertiary/aromatic N) is 3. The minimum absolute atomic E-state index is 0.0849. The fourth-order valence-electron chi connectivity index (χ4n) is 4.13. The number of carbonyl (C=O) groups is 1. The number of hydrogen-bond acceptors (Lipinski definition) is 4. The average molecular weight is 394 g/mol. The summed E-state index contributed by atoms with van der Waals surface area (Å²) in [6, 6.07) is 8.40. The molecule has 29 heavy (non-hydrogen) atoms. The summed E-state index contributed by atoms with van der Waals surface area (Å²) in [4.78, 5) is 11.5. The normalized spacial score (nSPS) is 19.0. The number of rotatable bonds is 7. The molecule has 2 aromatic heterocycles. The molecule has 1 saturated heterocycles. The van der Waals surface area contributed by atoms with Crippen LogP contribution in [0.25, 0.3) is 16.7 Å². The monoisotopic (exact) mass is 394 g/mol. The van der Waals surface area contributed by atoms with Crippen molar-refractivity contribution < 1.29 is 14.3 Å². The molecule has 1 amide bonds. The smallest absolute Gasteiger partial charge is 0.220 e. The fraction of sp³-hybridized carbons (Fsp3) is 0.455. The summed E-state index contributed by atoms with van der Waals surface area (Å²) in [5.74, 6) is 3.47. The van der Waals surface area contributed by atoms with Crippen LogP contribution in [0, 0.1) is 12.8 Å². The van der Waals surface area contributed by atoms with E-state index in [1.54, 1.807) is 13.3 Å². The van der Waals surface area contributed by atoms with Gasteiger partial charge in [0.05, 0.1) is 30.6 Å². The van der Waals surface area contributed by atoms with Gasteiger partial charge in [0.25, 0.3) is 0 Å². The molecule has 7 nitrogen and oxygen atoms in total. The molecule has 1 N–H and O–H groups in total. The highest BCUT2D eigenvalue weighted by Gasteiger charge is 2.27. The van der Waals surface area contributed by atoms with Gasteiger partial charge in [0.2, 0.25) is 5.91 Å². The SMILES string of the molecule is COc1cnn(-c2cc3cccc(OCC4CCC(=O)N4)c3n2CC2CC2)c1C. The highest BCUT2D eigenvalue weighted by atomic mass is 16.5. The molecule has 0 radical (unpaired) electrons. The Balaban J connectivity index is 1.55. The molecule has 1 atom stereocenters. The fourth-order valence-corrected chi connectivity index (χ4v) is 4.13. The standard InChI is InChI=1S/C22H26N4O3/c1-14-19(28-2)11-23-26(14)21-10-16-4-3-5-18(22(16)25(21)12-15-6-7-15)29-13-17-8-9-20(27)24-17/h3-5,10-11,15,17H,6-9,12-13H2,1-2H3,(H,24,27). The zero-order valence-corrected chi connectivity index (χ0v) is 16.9. The van der Waals surface area contributed by atoms with Gasteiger partial charge in [-0.1, -0.05) is 12.1 Å². The maximum absolute atomic E-state index is 11.5. The van der Waals surface area contributed by atoms with Gasteiger partial charge < -0.3 is 19.4 Å². The van der Waals surface area contributed by atoms with Crippen LogP contribution in [0.5, 0.6) is 11.5 Å². The summed E-state index contributed by atoms with van der Waals surface area (Å²) in [5, 5.41) is 8.68. The zero-order valence-electron chi connectivity index (χ0n) is 16.9. The molecule has 3 aromatic rings. The third kappa shape index (κ3) is 3.34. The van der Waals surface area contributed by atoms with E-state index < -0.39 is 0 Å². The van der Waals surface area contributed by atoms with E-state index >= 15 is 0 Å². The molecule has 0 spiro atoms. The van der Waals surface area contributed by atoms with Gasteiger partial charge in [-0.2, -0.15) is 5.10 Å². The Bertz CT molecular complexity index is 1060. The van der Waals surface area contributed by atoms with E-state index in [0.29, 0.717) is 18.9 Å². The highest BCUT2D eigenvalue weighted by molar-refractivity contribution is 5.88. The van der Waals surface area contributed by atoms with Crippen molar-refractivity contribution in [3.8, 4) is 17.3 Å². The first-order chi connectivity index (χ1) is 14.1. The molecular formula is C22H26N4O3. The summed E-state index contributed by atoms with van der Waals surface area (Å²) >= 11 is 0. The van der Waals surface area contributed by atoms with Crippen molar-refractivity contribution in [2.75, 3.05) is 13.7 Å². The van der Waals surface area contributed by atoms with Gasteiger partial charge in [-0.25, -0.2) is 4.68 Å². The summed E-state index contributed by atoms with van der Waals surface area (Å²) in [6.07, 6.45) is 5.69. The minimum atomic E-state index is 0.0849. The summed E-state index contributed by atoms with van der Waals surface area (Å²) in [7, 11) is 1.67. The molecule has 3 heterocycles. The highest BCUT2D eigenvalue weighted by Crippen LogP contribution is 2.37. The number of nitrogens with one attached hydrogen (secondary N) is 1. The number of carbonyl (C=O) groups excluding carboxylic acids is 1. The van der Waals surface area contributed by atoms with Crippen molar-refractivity contribution in [2.45, 2.75) is 45.2 Å². The Morgan fingerprint density at radius 1 is 1.24 bits per heavy atom. The molecule has 7 heteroatoms. The van der Waals surface area contributed by atoms with Gasteiger partial charge in [-0.05, 0) is 44.2 Å². The maximum atomic E-state index is 11.5. The summed E-state index contributed by atoms with van der Waals surface area (Å²) < 4.78 is 15.9. The van der Waals surface area contributed by atoms with Gasteiger partial charge >= 0.3 is 0 Å².